The van der Waals surface area contributed by atoms with Gasteiger partial charge in [-0.3, -0.25) is 18.8 Å². The van der Waals surface area contributed by atoms with E-state index in [2.05, 4.69) is 31.9 Å². The lowest BCUT2D eigenvalue weighted by Gasteiger charge is -2.34. The Morgan fingerprint density at radius 3 is 2.32 bits per heavy atom. The van der Waals surface area contributed by atoms with Crippen molar-refractivity contribution in [3.8, 4) is 11.3 Å². The predicted octanol–water partition coefficient (Wildman–Crippen LogP) is 3.37. The highest BCUT2D eigenvalue weighted by Crippen LogP contribution is 2.26. The second-order valence-corrected chi connectivity index (χ2v) is 12.3. The lowest BCUT2D eigenvalue weighted by Crippen LogP contribution is -2.48. The van der Waals surface area contributed by atoms with Crippen LogP contribution in [-0.2, 0) is 30.2 Å². The van der Waals surface area contributed by atoms with Crippen molar-refractivity contribution in [2.45, 2.75) is 31.3 Å². The molecule has 0 atom stereocenters. The zero-order chi connectivity index (χ0) is 27.0. The van der Waals surface area contributed by atoms with Crippen LogP contribution in [0.2, 0.25) is 0 Å². The molecule has 0 aliphatic carbocycles. The summed E-state index contributed by atoms with van der Waals surface area (Å²) in [5.41, 5.74) is 2.72. The Morgan fingerprint density at radius 1 is 0.974 bits per heavy atom. The molecule has 0 spiro atoms. The molecule has 1 saturated heterocycles. The normalized spacial score (nSPS) is 15.3. The molecule has 1 fully saturated rings. The van der Waals surface area contributed by atoms with Gasteiger partial charge in [0.25, 0.3) is 5.56 Å². The van der Waals surface area contributed by atoms with Gasteiger partial charge >= 0.3 is 5.69 Å². The van der Waals surface area contributed by atoms with Gasteiger partial charge in [0.05, 0.1) is 10.4 Å². The van der Waals surface area contributed by atoms with E-state index in [4.69, 9.17) is 0 Å². The smallest absolute Gasteiger partial charge is 0.331 e. The van der Waals surface area contributed by atoms with Gasteiger partial charge < -0.3 is 4.98 Å². The molecule has 9 nitrogen and oxygen atoms in total. The Kier molecular flexibility index (Phi) is 7.45. The van der Waals surface area contributed by atoms with E-state index in [1.54, 1.807) is 37.4 Å². The Labute approximate surface area is 229 Å². The SMILES string of the molecule is CCCn1c(=O)c2[nH]c(-c3ccc(S(=O)(=O)N4CCN(Cc5ccccc5Br)CC4)cc3)cc2n(C)c1=O. The number of benzene rings is 2. The highest BCUT2D eigenvalue weighted by atomic mass is 79.9. The highest BCUT2D eigenvalue weighted by Gasteiger charge is 2.28. The molecule has 0 saturated carbocycles. The van der Waals surface area contributed by atoms with Crippen LogP contribution in [0, 0.1) is 0 Å². The van der Waals surface area contributed by atoms with Crippen LogP contribution in [0.3, 0.4) is 0 Å². The number of hydrogen-bond acceptors (Lipinski definition) is 5. The topological polar surface area (TPSA) is 100 Å². The number of nitrogens with one attached hydrogen (secondary N) is 1. The highest BCUT2D eigenvalue weighted by molar-refractivity contribution is 9.10. The van der Waals surface area contributed by atoms with Crippen LogP contribution in [-0.4, -0.2) is 57.9 Å². The number of halogens is 1. The molecule has 11 heteroatoms. The number of hydrogen-bond donors (Lipinski definition) is 1. The molecule has 4 aromatic rings. The van der Waals surface area contributed by atoms with Gasteiger partial charge in [-0.25, -0.2) is 13.2 Å². The van der Waals surface area contributed by atoms with E-state index in [0.29, 0.717) is 55.9 Å². The fraction of sp³-hybridized carbons (Fsp3) is 0.333. The summed E-state index contributed by atoms with van der Waals surface area (Å²) in [6.07, 6.45) is 0.671. The molecule has 1 aliphatic rings. The Balaban J connectivity index is 1.33. The predicted molar refractivity (Wildman–Crippen MR) is 152 cm³/mol. The summed E-state index contributed by atoms with van der Waals surface area (Å²) < 4.78 is 31.9. The number of piperazine rings is 1. The maximum Gasteiger partial charge on any atom is 0.331 e. The van der Waals surface area contributed by atoms with Crippen molar-refractivity contribution in [2.75, 3.05) is 26.2 Å². The molecule has 3 heterocycles. The first-order valence-electron chi connectivity index (χ1n) is 12.6. The average Bonchev–Trinajstić information content (AvgIpc) is 3.38. The summed E-state index contributed by atoms with van der Waals surface area (Å²) in [6, 6.07) is 16.5. The summed E-state index contributed by atoms with van der Waals surface area (Å²) in [7, 11) is -1.99. The Bertz CT molecular complexity index is 1700. The molecule has 2 aromatic heterocycles. The van der Waals surface area contributed by atoms with Crippen LogP contribution in [0.4, 0.5) is 0 Å². The third-order valence-corrected chi connectivity index (χ3v) is 9.75. The van der Waals surface area contributed by atoms with Gasteiger partial charge in [-0.1, -0.05) is 53.2 Å². The van der Waals surface area contributed by atoms with Crippen molar-refractivity contribution in [3.05, 3.63) is 85.5 Å². The Morgan fingerprint density at radius 2 is 1.66 bits per heavy atom. The molecule has 2 aromatic carbocycles. The number of aromatic amines is 1. The fourth-order valence-electron chi connectivity index (χ4n) is 4.90. The van der Waals surface area contributed by atoms with Gasteiger partial charge in [0.15, 0.2) is 0 Å². The van der Waals surface area contributed by atoms with E-state index in [1.807, 2.05) is 25.1 Å². The van der Waals surface area contributed by atoms with Gasteiger partial charge in [0.1, 0.15) is 5.52 Å². The van der Waals surface area contributed by atoms with E-state index < -0.39 is 10.0 Å². The summed E-state index contributed by atoms with van der Waals surface area (Å²) in [5, 5.41) is 0. The number of rotatable bonds is 7. The van der Waals surface area contributed by atoms with Crippen molar-refractivity contribution >= 4 is 37.0 Å². The third kappa shape index (κ3) is 4.91. The number of aryl methyl sites for hydroxylation is 1. The molecule has 0 amide bonds. The molecule has 1 aliphatic heterocycles. The molecule has 1 N–H and O–H groups in total. The zero-order valence-corrected chi connectivity index (χ0v) is 23.8. The summed E-state index contributed by atoms with van der Waals surface area (Å²) in [6.45, 7) is 5.19. The number of sulfonamides is 1. The first kappa shape index (κ1) is 26.6. The van der Waals surface area contributed by atoms with Crippen molar-refractivity contribution in [1.29, 1.82) is 0 Å². The van der Waals surface area contributed by atoms with Gasteiger partial charge in [0.2, 0.25) is 10.0 Å². The van der Waals surface area contributed by atoms with Crippen molar-refractivity contribution in [1.82, 2.24) is 23.3 Å². The Hall–Kier alpha value is -2.99. The number of nitrogens with zero attached hydrogens (tertiary/aromatic N) is 4. The molecule has 38 heavy (non-hydrogen) atoms. The lowest BCUT2D eigenvalue weighted by atomic mass is 10.1. The van der Waals surface area contributed by atoms with Gasteiger partial charge in [-0.05, 0) is 41.8 Å². The van der Waals surface area contributed by atoms with Crippen molar-refractivity contribution < 1.29 is 8.42 Å². The van der Waals surface area contributed by atoms with Crippen LogP contribution < -0.4 is 11.2 Å². The molecular formula is C27H30BrN5O4S. The molecule has 200 valence electrons. The van der Waals surface area contributed by atoms with Crippen LogP contribution >= 0.6 is 15.9 Å². The quantitative estimate of drug-likeness (QED) is 0.351. The maximum atomic E-state index is 13.3. The van der Waals surface area contributed by atoms with Gasteiger partial charge in [-0.2, -0.15) is 4.31 Å². The minimum absolute atomic E-state index is 0.231. The monoisotopic (exact) mass is 599 g/mol. The van der Waals surface area contributed by atoms with Crippen LogP contribution in [0.5, 0.6) is 0 Å². The maximum absolute atomic E-state index is 13.3. The van der Waals surface area contributed by atoms with Crippen molar-refractivity contribution in [3.63, 3.8) is 0 Å². The molecule has 5 rings (SSSR count). The van der Waals surface area contributed by atoms with Crippen LogP contribution in [0.1, 0.15) is 18.9 Å². The molecule has 0 unspecified atom stereocenters. The molecular weight excluding hydrogens is 570 g/mol. The van der Waals surface area contributed by atoms with E-state index in [9.17, 15) is 18.0 Å². The first-order chi connectivity index (χ1) is 18.2. The summed E-state index contributed by atoms with van der Waals surface area (Å²) in [4.78, 5) is 31.1. The second-order valence-electron chi connectivity index (χ2n) is 9.54. The minimum atomic E-state index is -3.63. The standard InChI is InChI=1S/C27H30BrN5O4S/c1-3-12-33-26(34)25-24(30(2)27(33)35)17-23(29-25)19-8-10-21(11-9-19)38(36,37)32-15-13-31(14-16-32)18-20-6-4-5-7-22(20)28/h4-11,17,29H,3,12-16,18H2,1-2H3. The number of aromatic nitrogens is 3. The van der Waals surface area contributed by atoms with E-state index >= 15 is 0 Å². The van der Waals surface area contributed by atoms with Crippen molar-refractivity contribution in [2.24, 2.45) is 7.05 Å². The van der Waals surface area contributed by atoms with E-state index in [0.717, 1.165) is 16.6 Å². The third-order valence-electron chi connectivity index (χ3n) is 7.07. The second kappa shape index (κ2) is 10.6. The summed E-state index contributed by atoms with van der Waals surface area (Å²) >= 11 is 3.58. The zero-order valence-electron chi connectivity index (χ0n) is 21.4. The lowest BCUT2D eigenvalue weighted by molar-refractivity contribution is 0.181. The molecule has 0 radical (unpaired) electrons. The van der Waals surface area contributed by atoms with Gasteiger partial charge in [0, 0.05) is 56.5 Å². The fourth-order valence-corrected chi connectivity index (χ4v) is 6.74. The average molecular weight is 601 g/mol. The molecule has 0 bridgehead atoms. The number of fused-ring (bicyclic) bond motifs is 1. The van der Waals surface area contributed by atoms with Crippen LogP contribution in [0.15, 0.2) is 73.6 Å². The first-order valence-corrected chi connectivity index (χ1v) is 14.8. The van der Waals surface area contributed by atoms with E-state index in [1.165, 1.54) is 19.0 Å². The minimum Gasteiger partial charge on any atom is -0.349 e. The number of H-pyrrole nitrogens is 1. The van der Waals surface area contributed by atoms with Crippen LogP contribution in [0.25, 0.3) is 22.3 Å². The van der Waals surface area contributed by atoms with Gasteiger partial charge in [-0.15, -0.1) is 0 Å². The summed E-state index contributed by atoms with van der Waals surface area (Å²) in [5.74, 6) is 0. The van der Waals surface area contributed by atoms with E-state index in [-0.39, 0.29) is 16.1 Å². The largest absolute Gasteiger partial charge is 0.349 e.